The SMILES string of the molecule is C=CC(=O)OCCCCOC(=O)C1CCC(C(=O)Oc2ccc(OC(=O)C3CCC(C(=O)OCCCCOC(=O)C=C)CC3)c(/C(=N/NC)OO)c2)CC1. The molecule has 0 radical (unpaired) electrons. The van der Waals surface area contributed by atoms with Crippen molar-refractivity contribution in [2.24, 2.45) is 28.8 Å². The lowest BCUT2D eigenvalue weighted by Crippen LogP contribution is -2.30. The first-order valence-electron chi connectivity index (χ1n) is 18.1. The third-order valence-corrected chi connectivity index (χ3v) is 9.09. The predicted molar refractivity (Wildman–Crippen MR) is 191 cm³/mol. The van der Waals surface area contributed by atoms with E-state index in [1.807, 2.05) is 0 Å². The summed E-state index contributed by atoms with van der Waals surface area (Å²) in [7, 11) is 1.47. The van der Waals surface area contributed by atoms with Gasteiger partial charge in [0.15, 0.2) is 0 Å². The molecule has 16 heteroatoms. The van der Waals surface area contributed by atoms with Gasteiger partial charge in [0, 0.05) is 19.2 Å². The molecule has 1 aromatic rings. The number of nitrogens with one attached hydrogen (secondary N) is 1. The normalized spacial score (nSPS) is 19.6. The molecule has 2 aliphatic rings. The fraction of sp³-hybridized carbons (Fsp3) is 0.553. The maximum Gasteiger partial charge on any atom is 0.330 e. The highest BCUT2D eigenvalue weighted by atomic mass is 17.1. The fourth-order valence-corrected chi connectivity index (χ4v) is 6.03. The number of rotatable bonds is 20. The molecule has 2 saturated carbocycles. The van der Waals surface area contributed by atoms with E-state index in [4.69, 9.17) is 28.4 Å². The van der Waals surface area contributed by atoms with Gasteiger partial charge in [-0.25, -0.2) is 14.8 Å². The second-order valence-corrected chi connectivity index (χ2v) is 12.8. The summed E-state index contributed by atoms with van der Waals surface area (Å²) in [6.07, 6.45) is 7.73. The molecule has 0 aliphatic heterocycles. The summed E-state index contributed by atoms with van der Waals surface area (Å²) in [4.78, 5) is 77.9. The summed E-state index contributed by atoms with van der Waals surface area (Å²) >= 11 is 0. The third-order valence-electron chi connectivity index (χ3n) is 9.09. The Hall–Kier alpha value is -5.25. The molecule has 2 fully saturated rings. The number of hydrogen-bond donors (Lipinski definition) is 2. The Morgan fingerprint density at radius 1 is 0.667 bits per heavy atom. The smallest absolute Gasteiger partial charge is 0.330 e. The summed E-state index contributed by atoms with van der Waals surface area (Å²) in [5.74, 6) is -4.63. The van der Waals surface area contributed by atoms with Crippen LogP contribution in [0.3, 0.4) is 0 Å². The van der Waals surface area contributed by atoms with Crippen LogP contribution in [-0.4, -0.2) is 80.4 Å². The molecule has 2 N–H and O–H groups in total. The third kappa shape index (κ3) is 14.3. The van der Waals surface area contributed by atoms with E-state index >= 15 is 0 Å². The molecule has 0 atom stereocenters. The molecule has 0 unspecified atom stereocenters. The summed E-state index contributed by atoms with van der Waals surface area (Å²) in [6.45, 7) is 7.48. The lowest BCUT2D eigenvalue weighted by molar-refractivity contribution is -0.154. The van der Waals surface area contributed by atoms with Crippen LogP contribution in [-0.2, 0) is 52.6 Å². The molecule has 16 nitrogen and oxygen atoms in total. The largest absolute Gasteiger partial charge is 0.465 e. The number of nitrogens with zero attached hydrogens (tertiary/aromatic N) is 1. The van der Waals surface area contributed by atoms with Gasteiger partial charge >= 0.3 is 35.8 Å². The van der Waals surface area contributed by atoms with Gasteiger partial charge in [-0.2, -0.15) is 0 Å². The average molecular weight is 759 g/mol. The Bertz CT molecular complexity index is 1490. The van der Waals surface area contributed by atoms with E-state index < -0.39 is 35.7 Å². The summed E-state index contributed by atoms with van der Waals surface area (Å²) in [6, 6.07) is 4.19. The maximum absolute atomic E-state index is 13.2. The van der Waals surface area contributed by atoms with Crippen LogP contribution in [0.15, 0.2) is 48.6 Å². The number of ether oxygens (including phenoxy) is 6. The Balaban J connectivity index is 1.48. The van der Waals surface area contributed by atoms with E-state index in [1.54, 1.807) is 0 Å². The second kappa shape index (κ2) is 23.4. The Labute approximate surface area is 314 Å². The predicted octanol–water partition coefficient (Wildman–Crippen LogP) is 4.59. The number of carbonyl (C=O) groups is 6. The molecular weight excluding hydrogens is 708 g/mol. The van der Waals surface area contributed by atoms with Crippen LogP contribution in [0.5, 0.6) is 11.5 Å². The van der Waals surface area contributed by atoms with E-state index in [0.29, 0.717) is 77.0 Å². The molecule has 54 heavy (non-hydrogen) atoms. The van der Waals surface area contributed by atoms with E-state index in [0.717, 1.165) is 12.2 Å². The molecule has 0 heterocycles. The Morgan fingerprint density at radius 3 is 1.48 bits per heavy atom. The highest BCUT2D eigenvalue weighted by Gasteiger charge is 2.34. The first-order valence-corrected chi connectivity index (χ1v) is 18.1. The molecule has 296 valence electrons. The lowest BCUT2D eigenvalue weighted by Gasteiger charge is -2.26. The van der Waals surface area contributed by atoms with Gasteiger partial charge in [0.25, 0.3) is 5.90 Å². The van der Waals surface area contributed by atoms with Crippen LogP contribution in [0.1, 0.15) is 82.6 Å². The monoisotopic (exact) mass is 758 g/mol. The molecular formula is C38H50N2O14. The quantitative estimate of drug-likeness (QED) is 0.0214. The van der Waals surface area contributed by atoms with Gasteiger partial charge in [0.05, 0.1) is 55.7 Å². The van der Waals surface area contributed by atoms with Crippen molar-refractivity contribution in [2.45, 2.75) is 77.0 Å². The first kappa shape index (κ1) is 43.2. The van der Waals surface area contributed by atoms with Crippen LogP contribution in [0.2, 0.25) is 0 Å². The number of hydrogen-bond acceptors (Lipinski definition) is 16. The molecule has 0 saturated heterocycles. The zero-order valence-corrected chi connectivity index (χ0v) is 30.6. The second-order valence-electron chi connectivity index (χ2n) is 12.8. The Morgan fingerprint density at radius 2 is 1.07 bits per heavy atom. The van der Waals surface area contributed by atoms with Gasteiger partial charge in [0.2, 0.25) is 0 Å². The molecule has 0 aromatic heterocycles. The lowest BCUT2D eigenvalue weighted by atomic mass is 9.82. The van der Waals surface area contributed by atoms with E-state index in [-0.39, 0.29) is 73.2 Å². The molecule has 2 aliphatic carbocycles. The van der Waals surface area contributed by atoms with Crippen molar-refractivity contribution in [1.29, 1.82) is 0 Å². The van der Waals surface area contributed by atoms with Crippen molar-refractivity contribution in [2.75, 3.05) is 33.5 Å². The number of unbranched alkanes of at least 4 members (excludes halogenated alkanes) is 2. The molecule has 1 aromatic carbocycles. The van der Waals surface area contributed by atoms with Crippen molar-refractivity contribution in [3.05, 3.63) is 49.1 Å². The van der Waals surface area contributed by atoms with Gasteiger partial charge in [-0.05, 0) is 95.2 Å². The zero-order chi connectivity index (χ0) is 39.3. The minimum atomic E-state index is -0.548. The minimum Gasteiger partial charge on any atom is -0.465 e. The van der Waals surface area contributed by atoms with Crippen molar-refractivity contribution >= 4 is 41.7 Å². The number of esters is 6. The summed E-state index contributed by atoms with van der Waals surface area (Å²) in [5.41, 5.74) is 2.52. The molecule has 0 amide bonds. The molecule has 0 spiro atoms. The van der Waals surface area contributed by atoms with Crippen molar-refractivity contribution in [3.8, 4) is 11.5 Å². The van der Waals surface area contributed by atoms with E-state index in [9.17, 15) is 34.0 Å². The highest BCUT2D eigenvalue weighted by molar-refractivity contribution is 5.98. The fourth-order valence-electron chi connectivity index (χ4n) is 6.03. The minimum absolute atomic E-state index is 0.0000455. The van der Waals surface area contributed by atoms with E-state index in [2.05, 4.69) is 28.6 Å². The zero-order valence-electron chi connectivity index (χ0n) is 30.6. The van der Waals surface area contributed by atoms with Crippen LogP contribution in [0.4, 0.5) is 0 Å². The van der Waals surface area contributed by atoms with Gasteiger partial charge < -0.3 is 38.7 Å². The van der Waals surface area contributed by atoms with Gasteiger partial charge in [-0.3, -0.25) is 19.2 Å². The van der Waals surface area contributed by atoms with E-state index in [1.165, 1.54) is 25.2 Å². The van der Waals surface area contributed by atoms with Crippen LogP contribution in [0.25, 0.3) is 0 Å². The number of carbonyl (C=O) groups excluding carboxylic acids is 6. The average Bonchev–Trinajstić information content (AvgIpc) is 3.19. The van der Waals surface area contributed by atoms with Crippen molar-refractivity contribution < 1.29 is 67.3 Å². The molecule has 3 rings (SSSR count). The summed E-state index contributed by atoms with van der Waals surface area (Å²) in [5, 5.41) is 13.4. The Kier molecular flexibility index (Phi) is 18.7. The number of hydrazone groups is 1. The topological polar surface area (TPSA) is 212 Å². The standard InChI is InChI=1S/C38H50N2O14/c1-4-32(41)48-20-6-8-22-50-35(43)25-10-14-27(15-11-25)37(45)52-29-18-19-31(30(24-29)34(54-47)40-39-3)53-38(46)28-16-12-26(13-17-28)36(44)51-23-9-7-21-49-33(42)5-2/h4-5,18-19,24-28,39,47H,1-2,6-17,20-23H2,3H3/b40-34-. The van der Waals surface area contributed by atoms with Crippen LogP contribution in [0, 0.1) is 23.7 Å². The van der Waals surface area contributed by atoms with Crippen molar-refractivity contribution in [1.82, 2.24) is 5.43 Å². The number of benzene rings is 1. The van der Waals surface area contributed by atoms with Crippen LogP contribution < -0.4 is 14.9 Å². The van der Waals surface area contributed by atoms with Crippen LogP contribution >= 0.6 is 0 Å². The summed E-state index contributed by atoms with van der Waals surface area (Å²) < 4.78 is 31.9. The highest BCUT2D eigenvalue weighted by Crippen LogP contribution is 2.34. The van der Waals surface area contributed by atoms with Gasteiger partial charge in [-0.15, -0.1) is 5.10 Å². The maximum atomic E-state index is 13.2. The van der Waals surface area contributed by atoms with Crippen molar-refractivity contribution in [3.63, 3.8) is 0 Å². The van der Waals surface area contributed by atoms with Gasteiger partial charge in [-0.1, -0.05) is 13.2 Å². The molecule has 0 bridgehead atoms. The first-order chi connectivity index (χ1) is 26.1. The van der Waals surface area contributed by atoms with Gasteiger partial charge in [0.1, 0.15) is 11.5 Å².